The molecule has 0 fully saturated rings. The highest BCUT2D eigenvalue weighted by Crippen LogP contribution is 2.40. The molecule has 1 heterocycles. The van der Waals surface area contributed by atoms with Crippen molar-refractivity contribution in [2.45, 2.75) is 0 Å². The van der Waals surface area contributed by atoms with Gasteiger partial charge in [-0.3, -0.25) is 4.79 Å². The van der Waals surface area contributed by atoms with Gasteiger partial charge in [-0.05, 0) is 51.8 Å². The second-order valence-corrected chi connectivity index (χ2v) is 6.21. The Labute approximate surface area is 159 Å². The van der Waals surface area contributed by atoms with Gasteiger partial charge in [0.25, 0.3) is 5.91 Å². The number of carbonyl (C=O) groups excluding carboxylic acids is 1. The molecule has 0 saturated heterocycles. The van der Waals surface area contributed by atoms with Gasteiger partial charge in [0.2, 0.25) is 5.75 Å². The predicted molar refractivity (Wildman–Crippen MR) is 100 cm³/mol. The molecule has 0 aromatic heterocycles. The molecule has 0 atom stereocenters. The number of anilines is 1. The largest absolute Gasteiger partial charge is 0.493 e. The van der Waals surface area contributed by atoms with Crippen LogP contribution in [0.15, 0.2) is 46.4 Å². The van der Waals surface area contributed by atoms with Gasteiger partial charge in [0.05, 0.1) is 12.8 Å². The van der Waals surface area contributed by atoms with Gasteiger partial charge in [0.15, 0.2) is 11.5 Å². The number of ether oxygens (including phenoxy) is 3. The summed E-state index contributed by atoms with van der Waals surface area (Å²) < 4.78 is 17.2. The zero-order valence-corrected chi connectivity index (χ0v) is 15.5. The predicted octanol–water partition coefficient (Wildman–Crippen LogP) is 3.77. The second kappa shape index (κ2) is 7.93. The van der Waals surface area contributed by atoms with Crippen molar-refractivity contribution in [2.75, 3.05) is 25.6 Å². The van der Waals surface area contributed by atoms with Gasteiger partial charge in [0, 0.05) is 4.47 Å². The van der Waals surface area contributed by atoms with E-state index in [4.69, 9.17) is 14.2 Å². The lowest BCUT2D eigenvalue weighted by atomic mass is 10.1. The summed E-state index contributed by atoms with van der Waals surface area (Å²) in [5.41, 5.74) is 1.14. The number of amides is 1. The third-order valence-electron chi connectivity index (χ3n) is 3.65. The number of nitrogens with one attached hydrogen (secondary N) is 1. The number of fused-ring (bicyclic) bond motifs is 1. The molecule has 0 radical (unpaired) electrons. The van der Waals surface area contributed by atoms with E-state index in [-0.39, 0.29) is 5.57 Å². The van der Waals surface area contributed by atoms with Gasteiger partial charge in [-0.25, -0.2) is 0 Å². The summed E-state index contributed by atoms with van der Waals surface area (Å²) in [6, 6.07) is 12.5. The van der Waals surface area contributed by atoms with Crippen LogP contribution in [-0.4, -0.2) is 26.2 Å². The Morgan fingerprint density at radius 3 is 2.81 bits per heavy atom. The van der Waals surface area contributed by atoms with E-state index in [2.05, 4.69) is 21.2 Å². The van der Waals surface area contributed by atoms with E-state index in [1.54, 1.807) is 30.3 Å². The van der Waals surface area contributed by atoms with Gasteiger partial charge >= 0.3 is 0 Å². The standard InChI is InChI=1S/C19H15BrN2O4/c1-24-16-9-12(10-17-18(16)26-7-6-25-17)8-13(11-21)19(23)22-15-5-3-2-4-14(15)20/h2-5,8-10H,6-7H2,1H3,(H,22,23)/b13-8-. The zero-order valence-electron chi connectivity index (χ0n) is 13.9. The lowest BCUT2D eigenvalue weighted by Gasteiger charge is -2.21. The second-order valence-electron chi connectivity index (χ2n) is 5.35. The minimum absolute atomic E-state index is 0.0421. The highest BCUT2D eigenvalue weighted by molar-refractivity contribution is 9.10. The molecule has 0 aliphatic carbocycles. The molecule has 2 aromatic carbocycles. The summed E-state index contributed by atoms with van der Waals surface area (Å²) in [7, 11) is 1.52. The summed E-state index contributed by atoms with van der Waals surface area (Å²) in [4.78, 5) is 12.4. The lowest BCUT2D eigenvalue weighted by molar-refractivity contribution is -0.112. The van der Waals surface area contributed by atoms with E-state index < -0.39 is 5.91 Å². The molecule has 1 amide bonds. The van der Waals surface area contributed by atoms with Crippen LogP contribution in [0.2, 0.25) is 0 Å². The van der Waals surface area contributed by atoms with Crippen molar-refractivity contribution in [2.24, 2.45) is 0 Å². The van der Waals surface area contributed by atoms with Crippen LogP contribution < -0.4 is 19.5 Å². The molecule has 26 heavy (non-hydrogen) atoms. The normalized spacial score (nSPS) is 12.9. The number of benzene rings is 2. The molecule has 0 unspecified atom stereocenters. The summed E-state index contributed by atoms with van der Waals surface area (Å²) in [5, 5.41) is 12.1. The Morgan fingerprint density at radius 2 is 2.08 bits per heavy atom. The zero-order chi connectivity index (χ0) is 18.5. The molecule has 1 aliphatic heterocycles. The number of hydrogen-bond donors (Lipinski definition) is 1. The minimum Gasteiger partial charge on any atom is -0.493 e. The molecule has 0 bridgehead atoms. The number of halogens is 1. The first-order chi connectivity index (χ1) is 12.6. The van der Waals surface area contributed by atoms with Gasteiger partial charge < -0.3 is 19.5 Å². The average molecular weight is 415 g/mol. The molecular formula is C19H15BrN2O4. The Bertz CT molecular complexity index is 901. The topological polar surface area (TPSA) is 80.6 Å². The van der Waals surface area contributed by atoms with Crippen LogP contribution in [0, 0.1) is 11.3 Å². The summed E-state index contributed by atoms with van der Waals surface area (Å²) >= 11 is 3.36. The first kappa shape index (κ1) is 17.8. The monoisotopic (exact) mass is 414 g/mol. The summed E-state index contributed by atoms with van der Waals surface area (Å²) in [6.45, 7) is 0.868. The molecule has 1 aliphatic rings. The van der Waals surface area contributed by atoms with Gasteiger partial charge in [-0.15, -0.1) is 0 Å². The molecular weight excluding hydrogens is 400 g/mol. The number of para-hydroxylation sites is 1. The number of methoxy groups -OCH3 is 1. The quantitative estimate of drug-likeness (QED) is 0.608. The fraction of sp³-hybridized carbons (Fsp3) is 0.158. The SMILES string of the molecule is COc1cc(/C=C(/C#N)C(=O)Nc2ccccc2Br)cc2c1OCCO2. The number of nitriles is 1. The van der Waals surface area contributed by atoms with Crippen LogP contribution in [0.5, 0.6) is 17.2 Å². The van der Waals surface area contributed by atoms with Crippen molar-refractivity contribution in [3.05, 3.63) is 52.0 Å². The molecule has 2 aromatic rings. The summed E-state index contributed by atoms with van der Waals surface area (Å²) in [6.07, 6.45) is 1.48. The third kappa shape index (κ3) is 3.81. The van der Waals surface area contributed by atoms with E-state index in [1.165, 1.54) is 13.2 Å². The van der Waals surface area contributed by atoms with Crippen LogP contribution in [0.3, 0.4) is 0 Å². The minimum atomic E-state index is -0.506. The van der Waals surface area contributed by atoms with Crippen LogP contribution in [0.4, 0.5) is 5.69 Å². The van der Waals surface area contributed by atoms with Crippen molar-refractivity contribution in [1.29, 1.82) is 5.26 Å². The van der Waals surface area contributed by atoms with Gasteiger partial charge in [-0.2, -0.15) is 5.26 Å². The maximum Gasteiger partial charge on any atom is 0.266 e. The highest BCUT2D eigenvalue weighted by atomic mass is 79.9. The fourth-order valence-electron chi connectivity index (χ4n) is 2.44. The molecule has 7 heteroatoms. The van der Waals surface area contributed by atoms with Crippen LogP contribution in [-0.2, 0) is 4.79 Å². The smallest absolute Gasteiger partial charge is 0.266 e. The van der Waals surface area contributed by atoms with Gasteiger partial charge in [-0.1, -0.05) is 12.1 Å². The van der Waals surface area contributed by atoms with Crippen LogP contribution >= 0.6 is 15.9 Å². The van der Waals surface area contributed by atoms with Crippen molar-refractivity contribution >= 4 is 33.6 Å². The van der Waals surface area contributed by atoms with Crippen molar-refractivity contribution in [1.82, 2.24) is 0 Å². The molecule has 132 valence electrons. The molecule has 6 nitrogen and oxygen atoms in total. The first-order valence-electron chi connectivity index (χ1n) is 7.77. The Morgan fingerprint density at radius 1 is 1.31 bits per heavy atom. The van der Waals surface area contributed by atoms with Crippen LogP contribution in [0.25, 0.3) is 6.08 Å². The van der Waals surface area contributed by atoms with E-state index in [0.29, 0.717) is 41.7 Å². The average Bonchev–Trinajstić information content (AvgIpc) is 2.67. The molecule has 0 saturated carbocycles. The Kier molecular flexibility index (Phi) is 5.44. The molecule has 0 spiro atoms. The highest BCUT2D eigenvalue weighted by Gasteiger charge is 2.19. The number of hydrogen-bond acceptors (Lipinski definition) is 5. The van der Waals surface area contributed by atoms with E-state index in [1.807, 2.05) is 12.1 Å². The van der Waals surface area contributed by atoms with Crippen LogP contribution in [0.1, 0.15) is 5.56 Å². The lowest BCUT2D eigenvalue weighted by Crippen LogP contribution is -2.16. The maximum absolute atomic E-state index is 12.4. The number of carbonyl (C=O) groups is 1. The van der Waals surface area contributed by atoms with Crippen molar-refractivity contribution in [3.8, 4) is 23.3 Å². The van der Waals surface area contributed by atoms with E-state index >= 15 is 0 Å². The van der Waals surface area contributed by atoms with E-state index in [9.17, 15) is 10.1 Å². The third-order valence-corrected chi connectivity index (χ3v) is 4.34. The Balaban J connectivity index is 1.90. The fourth-order valence-corrected chi connectivity index (χ4v) is 2.83. The van der Waals surface area contributed by atoms with Crippen molar-refractivity contribution < 1.29 is 19.0 Å². The molecule has 3 rings (SSSR count). The van der Waals surface area contributed by atoms with Gasteiger partial charge in [0.1, 0.15) is 24.9 Å². The molecule has 1 N–H and O–H groups in total. The number of nitrogens with zero attached hydrogens (tertiary/aromatic N) is 1. The first-order valence-corrected chi connectivity index (χ1v) is 8.57. The van der Waals surface area contributed by atoms with E-state index in [0.717, 1.165) is 4.47 Å². The summed E-state index contributed by atoms with van der Waals surface area (Å²) in [5.74, 6) is 1.02. The van der Waals surface area contributed by atoms with Crippen molar-refractivity contribution in [3.63, 3.8) is 0 Å². The Hall–Kier alpha value is -2.98. The maximum atomic E-state index is 12.4. The number of rotatable bonds is 4.